The molecule has 2 amide bonds. The normalized spacial score (nSPS) is 12.0. The summed E-state index contributed by atoms with van der Waals surface area (Å²) in [5.41, 5.74) is 3.30. The lowest BCUT2D eigenvalue weighted by molar-refractivity contribution is -0.122. The fourth-order valence-corrected chi connectivity index (χ4v) is 3.34. The van der Waals surface area contributed by atoms with Crippen LogP contribution in [0.2, 0.25) is 0 Å². The van der Waals surface area contributed by atoms with Crippen molar-refractivity contribution in [1.82, 2.24) is 20.6 Å². The monoisotopic (exact) mass is 386 g/mol. The lowest BCUT2D eigenvalue weighted by Crippen LogP contribution is -2.45. The van der Waals surface area contributed by atoms with Gasteiger partial charge in [0.2, 0.25) is 5.91 Å². The van der Waals surface area contributed by atoms with E-state index in [1.165, 1.54) is 0 Å². The second-order valence-electron chi connectivity index (χ2n) is 7.01. The van der Waals surface area contributed by atoms with Gasteiger partial charge in [0.05, 0.1) is 11.7 Å². The molecular weight excluding hydrogens is 364 g/mol. The number of carbonyl (C=O) groups excluding carboxylic acids is 2. The third-order valence-corrected chi connectivity index (χ3v) is 4.92. The summed E-state index contributed by atoms with van der Waals surface area (Å²) < 4.78 is 0. The molecule has 4 rings (SSSR count). The Labute approximate surface area is 168 Å². The van der Waals surface area contributed by atoms with Gasteiger partial charge in [-0.15, -0.1) is 0 Å². The summed E-state index contributed by atoms with van der Waals surface area (Å²) in [7, 11) is 0. The zero-order valence-corrected chi connectivity index (χ0v) is 16.1. The summed E-state index contributed by atoms with van der Waals surface area (Å²) in [6.07, 6.45) is 2.39. The first kappa shape index (κ1) is 18.7. The van der Waals surface area contributed by atoms with Crippen LogP contribution in [0.15, 0.2) is 66.9 Å². The molecule has 0 aliphatic heterocycles. The number of aromatic nitrogens is 2. The van der Waals surface area contributed by atoms with Crippen molar-refractivity contribution in [3.05, 3.63) is 78.1 Å². The van der Waals surface area contributed by atoms with Crippen molar-refractivity contribution in [2.75, 3.05) is 6.54 Å². The molecule has 6 nitrogen and oxygen atoms in total. The molecule has 0 saturated heterocycles. The van der Waals surface area contributed by atoms with Gasteiger partial charge in [0.25, 0.3) is 5.91 Å². The number of carbonyl (C=O) groups is 2. The Kier molecular flexibility index (Phi) is 5.24. The maximum Gasteiger partial charge on any atom is 0.270 e. The Morgan fingerprint density at radius 3 is 2.59 bits per heavy atom. The quantitative estimate of drug-likeness (QED) is 0.476. The van der Waals surface area contributed by atoms with Gasteiger partial charge in [0, 0.05) is 22.8 Å². The van der Waals surface area contributed by atoms with Gasteiger partial charge in [-0.05, 0) is 31.0 Å². The molecule has 146 valence electrons. The minimum absolute atomic E-state index is 0.220. The van der Waals surface area contributed by atoms with Crippen LogP contribution in [0.1, 0.15) is 23.0 Å². The smallest absolute Gasteiger partial charge is 0.270 e. The number of nitrogens with zero attached hydrogens (tertiary/aromatic N) is 1. The van der Waals surface area contributed by atoms with E-state index in [-0.39, 0.29) is 17.5 Å². The predicted molar refractivity (Wildman–Crippen MR) is 114 cm³/mol. The number of hydrogen-bond acceptors (Lipinski definition) is 3. The number of fused-ring (bicyclic) bond motifs is 3. The molecule has 2 heterocycles. The number of para-hydroxylation sites is 1. The van der Waals surface area contributed by atoms with Gasteiger partial charge in [-0.3, -0.25) is 9.59 Å². The molecule has 3 N–H and O–H groups in total. The first-order valence-corrected chi connectivity index (χ1v) is 9.61. The molecule has 2 aromatic heterocycles. The highest BCUT2D eigenvalue weighted by molar-refractivity contribution is 6.09. The van der Waals surface area contributed by atoms with Gasteiger partial charge in [-0.2, -0.15) is 0 Å². The van der Waals surface area contributed by atoms with Crippen LogP contribution in [0.25, 0.3) is 21.8 Å². The van der Waals surface area contributed by atoms with E-state index in [2.05, 4.69) is 20.6 Å². The number of benzene rings is 2. The summed E-state index contributed by atoms with van der Waals surface area (Å²) in [6.45, 7) is 2.18. The molecule has 0 spiro atoms. The molecule has 0 saturated carbocycles. The first-order valence-electron chi connectivity index (χ1n) is 9.61. The van der Waals surface area contributed by atoms with Crippen molar-refractivity contribution < 1.29 is 9.59 Å². The lowest BCUT2D eigenvalue weighted by Gasteiger charge is -2.14. The van der Waals surface area contributed by atoms with Gasteiger partial charge in [0.1, 0.15) is 11.7 Å². The third kappa shape index (κ3) is 4.11. The number of nitrogens with one attached hydrogen (secondary N) is 3. The summed E-state index contributed by atoms with van der Waals surface area (Å²) in [5, 5.41) is 7.55. The number of hydrogen-bond donors (Lipinski definition) is 3. The van der Waals surface area contributed by atoms with Gasteiger partial charge < -0.3 is 15.6 Å². The van der Waals surface area contributed by atoms with Crippen molar-refractivity contribution in [1.29, 1.82) is 0 Å². The third-order valence-electron chi connectivity index (χ3n) is 4.92. The van der Waals surface area contributed by atoms with Gasteiger partial charge in [-0.1, -0.05) is 48.5 Å². The number of rotatable bonds is 6. The Morgan fingerprint density at radius 1 is 1.00 bits per heavy atom. The zero-order valence-electron chi connectivity index (χ0n) is 16.1. The number of aromatic amines is 1. The zero-order chi connectivity index (χ0) is 20.2. The highest BCUT2D eigenvalue weighted by atomic mass is 16.2. The molecule has 0 radical (unpaired) electrons. The number of amides is 2. The van der Waals surface area contributed by atoms with Crippen LogP contribution in [0.3, 0.4) is 0 Å². The molecule has 1 atom stereocenters. The Balaban J connectivity index is 1.39. The Bertz CT molecular complexity index is 1170. The SMILES string of the molecule is CC(NC(=O)c1cc2c(cn1)[nH]c1ccccc12)C(=O)NCCc1ccccc1. The molecule has 6 heteroatoms. The summed E-state index contributed by atoms with van der Waals surface area (Å²) in [4.78, 5) is 32.4. The molecule has 4 aromatic rings. The van der Waals surface area contributed by atoms with E-state index in [4.69, 9.17) is 0 Å². The lowest BCUT2D eigenvalue weighted by atomic mass is 10.1. The van der Waals surface area contributed by atoms with E-state index in [9.17, 15) is 9.59 Å². The maximum absolute atomic E-state index is 12.6. The number of H-pyrrole nitrogens is 1. The van der Waals surface area contributed by atoms with Crippen LogP contribution < -0.4 is 10.6 Å². The maximum atomic E-state index is 12.6. The standard InChI is InChI=1S/C23H22N4O2/c1-15(22(28)24-12-11-16-7-3-2-4-8-16)26-23(29)20-13-18-17-9-5-6-10-19(17)27-21(18)14-25-20/h2-10,13-15,27H,11-12H2,1H3,(H,24,28)(H,26,29). The average molecular weight is 386 g/mol. The second kappa shape index (κ2) is 8.14. The predicted octanol–water partition coefficient (Wildman–Crippen LogP) is 3.19. The first-order chi connectivity index (χ1) is 14.1. The fourth-order valence-electron chi connectivity index (χ4n) is 3.34. The summed E-state index contributed by atoms with van der Waals surface area (Å²) in [6, 6.07) is 18.9. The van der Waals surface area contributed by atoms with Crippen LogP contribution in [0.5, 0.6) is 0 Å². The Hall–Kier alpha value is -3.67. The van der Waals surface area contributed by atoms with E-state index < -0.39 is 6.04 Å². The van der Waals surface area contributed by atoms with Gasteiger partial charge >= 0.3 is 0 Å². The second-order valence-corrected chi connectivity index (χ2v) is 7.01. The molecule has 0 bridgehead atoms. The van der Waals surface area contributed by atoms with Crippen LogP contribution >= 0.6 is 0 Å². The average Bonchev–Trinajstić information content (AvgIpc) is 3.12. The van der Waals surface area contributed by atoms with Gasteiger partial charge in [-0.25, -0.2) is 4.98 Å². The fraction of sp³-hybridized carbons (Fsp3) is 0.174. The molecule has 29 heavy (non-hydrogen) atoms. The minimum atomic E-state index is -0.654. The summed E-state index contributed by atoms with van der Waals surface area (Å²) >= 11 is 0. The molecule has 2 aromatic carbocycles. The van der Waals surface area contributed by atoms with E-state index >= 15 is 0 Å². The van der Waals surface area contributed by atoms with Crippen LogP contribution in [-0.2, 0) is 11.2 Å². The van der Waals surface area contributed by atoms with E-state index in [1.54, 1.807) is 19.2 Å². The molecular formula is C23H22N4O2. The van der Waals surface area contributed by atoms with Crippen molar-refractivity contribution in [2.24, 2.45) is 0 Å². The van der Waals surface area contributed by atoms with Crippen molar-refractivity contribution in [2.45, 2.75) is 19.4 Å². The van der Waals surface area contributed by atoms with Crippen LogP contribution in [0.4, 0.5) is 0 Å². The molecule has 0 aliphatic carbocycles. The van der Waals surface area contributed by atoms with Crippen molar-refractivity contribution in [3.8, 4) is 0 Å². The summed E-state index contributed by atoms with van der Waals surface area (Å²) in [5.74, 6) is -0.592. The van der Waals surface area contributed by atoms with E-state index in [0.717, 1.165) is 33.8 Å². The van der Waals surface area contributed by atoms with E-state index in [1.807, 2.05) is 54.6 Å². The highest BCUT2D eigenvalue weighted by Crippen LogP contribution is 2.24. The molecule has 1 unspecified atom stereocenters. The van der Waals surface area contributed by atoms with Crippen LogP contribution in [-0.4, -0.2) is 34.4 Å². The van der Waals surface area contributed by atoms with Crippen molar-refractivity contribution in [3.63, 3.8) is 0 Å². The Morgan fingerprint density at radius 2 is 1.76 bits per heavy atom. The molecule has 0 fully saturated rings. The van der Waals surface area contributed by atoms with E-state index in [0.29, 0.717) is 6.54 Å². The topological polar surface area (TPSA) is 86.9 Å². The number of pyridine rings is 1. The van der Waals surface area contributed by atoms with Crippen LogP contribution in [0, 0.1) is 0 Å². The minimum Gasteiger partial charge on any atom is -0.354 e. The van der Waals surface area contributed by atoms with Gasteiger partial charge in [0.15, 0.2) is 0 Å². The highest BCUT2D eigenvalue weighted by Gasteiger charge is 2.18. The largest absolute Gasteiger partial charge is 0.354 e. The molecule has 0 aliphatic rings. The van der Waals surface area contributed by atoms with Crippen molar-refractivity contribution >= 4 is 33.6 Å².